The molecule has 3 rings (SSSR count). The lowest BCUT2D eigenvalue weighted by molar-refractivity contribution is 0.554. The fraction of sp³-hybridized carbons (Fsp3) is 0.125. The van der Waals surface area contributed by atoms with Crippen molar-refractivity contribution in [1.82, 2.24) is 5.43 Å². The quantitative estimate of drug-likeness (QED) is 0.557. The van der Waals surface area contributed by atoms with Gasteiger partial charge in [0.2, 0.25) is 0 Å². The van der Waals surface area contributed by atoms with Gasteiger partial charge in [0.05, 0.1) is 6.04 Å². The summed E-state index contributed by atoms with van der Waals surface area (Å²) in [5.74, 6) is 5.73. The van der Waals surface area contributed by atoms with Crippen LogP contribution in [0.4, 0.5) is 0 Å². The number of hydrogen-bond acceptors (Lipinski definition) is 3. The average molecular weight is 303 g/mol. The Balaban J connectivity index is 1.94. The lowest BCUT2D eigenvalue weighted by Gasteiger charge is -2.17. The predicted octanol–water partition coefficient (Wildman–Crippen LogP) is 4.30. The van der Waals surface area contributed by atoms with Crippen molar-refractivity contribution in [2.75, 3.05) is 0 Å². The molecule has 0 fully saturated rings. The van der Waals surface area contributed by atoms with Crippen LogP contribution in [0.3, 0.4) is 0 Å². The summed E-state index contributed by atoms with van der Waals surface area (Å²) in [4.78, 5) is 0. The molecule has 0 spiro atoms. The Hall–Kier alpha value is -1.39. The van der Waals surface area contributed by atoms with E-state index in [2.05, 4.69) is 35.1 Å². The van der Waals surface area contributed by atoms with Crippen LogP contribution in [0, 0.1) is 0 Å². The third-order valence-corrected chi connectivity index (χ3v) is 4.82. The molecule has 0 radical (unpaired) electrons. The number of benzene rings is 2. The third-order valence-electron chi connectivity index (χ3n) is 3.47. The van der Waals surface area contributed by atoms with Crippen molar-refractivity contribution in [2.45, 2.75) is 12.5 Å². The van der Waals surface area contributed by atoms with Gasteiger partial charge in [0.15, 0.2) is 0 Å². The fourth-order valence-corrected chi connectivity index (χ4v) is 3.67. The van der Waals surface area contributed by atoms with E-state index in [9.17, 15) is 0 Å². The molecule has 1 heterocycles. The monoisotopic (exact) mass is 302 g/mol. The molecule has 0 amide bonds. The summed E-state index contributed by atoms with van der Waals surface area (Å²) in [6, 6.07) is 16.3. The molecule has 2 aromatic carbocycles. The largest absolute Gasteiger partial charge is 0.271 e. The summed E-state index contributed by atoms with van der Waals surface area (Å²) in [6.07, 6.45) is 0.824. The third kappa shape index (κ3) is 2.58. The van der Waals surface area contributed by atoms with Crippen LogP contribution in [0.2, 0.25) is 5.02 Å². The molecule has 3 N–H and O–H groups in total. The van der Waals surface area contributed by atoms with Crippen LogP contribution in [-0.2, 0) is 6.42 Å². The highest BCUT2D eigenvalue weighted by Gasteiger charge is 2.15. The summed E-state index contributed by atoms with van der Waals surface area (Å²) in [5, 5.41) is 4.24. The molecule has 1 atom stereocenters. The molecule has 20 heavy (non-hydrogen) atoms. The molecular weight excluding hydrogens is 288 g/mol. The van der Waals surface area contributed by atoms with Gasteiger partial charge in [0.25, 0.3) is 0 Å². The summed E-state index contributed by atoms with van der Waals surface area (Å²) >= 11 is 8.03. The Morgan fingerprint density at radius 1 is 1.10 bits per heavy atom. The van der Waals surface area contributed by atoms with E-state index in [1.807, 2.05) is 24.3 Å². The van der Waals surface area contributed by atoms with Crippen LogP contribution < -0.4 is 11.3 Å². The number of thiophene rings is 1. The number of rotatable bonds is 4. The molecule has 2 nitrogen and oxygen atoms in total. The van der Waals surface area contributed by atoms with Crippen molar-refractivity contribution in [3.05, 3.63) is 70.1 Å². The second kappa shape index (κ2) is 5.94. The van der Waals surface area contributed by atoms with Gasteiger partial charge in [0.1, 0.15) is 0 Å². The first-order valence-corrected chi connectivity index (χ1v) is 7.71. The topological polar surface area (TPSA) is 38.0 Å². The van der Waals surface area contributed by atoms with Gasteiger partial charge in [-0.25, -0.2) is 0 Å². The maximum Gasteiger partial charge on any atom is 0.0515 e. The van der Waals surface area contributed by atoms with E-state index >= 15 is 0 Å². The van der Waals surface area contributed by atoms with Gasteiger partial charge in [0, 0.05) is 9.72 Å². The predicted molar refractivity (Wildman–Crippen MR) is 87.0 cm³/mol. The van der Waals surface area contributed by atoms with E-state index in [0.717, 1.165) is 17.0 Å². The Morgan fingerprint density at radius 2 is 1.85 bits per heavy atom. The van der Waals surface area contributed by atoms with E-state index in [1.54, 1.807) is 11.3 Å². The van der Waals surface area contributed by atoms with Crippen molar-refractivity contribution in [3.8, 4) is 0 Å². The highest BCUT2D eigenvalue weighted by Crippen LogP contribution is 2.31. The molecule has 0 aliphatic carbocycles. The fourth-order valence-electron chi connectivity index (χ4n) is 2.43. The van der Waals surface area contributed by atoms with Crippen LogP contribution in [0.5, 0.6) is 0 Å². The maximum atomic E-state index is 6.26. The minimum absolute atomic E-state index is 0.0155. The van der Waals surface area contributed by atoms with Crippen LogP contribution in [0.25, 0.3) is 10.1 Å². The van der Waals surface area contributed by atoms with Gasteiger partial charge >= 0.3 is 0 Å². The molecule has 0 bridgehead atoms. The van der Waals surface area contributed by atoms with E-state index in [-0.39, 0.29) is 6.04 Å². The van der Waals surface area contributed by atoms with Gasteiger partial charge in [-0.1, -0.05) is 48.0 Å². The average Bonchev–Trinajstić information content (AvgIpc) is 2.89. The second-order valence-corrected chi connectivity index (χ2v) is 6.02. The lowest BCUT2D eigenvalue weighted by atomic mass is 9.99. The van der Waals surface area contributed by atoms with E-state index in [4.69, 9.17) is 17.4 Å². The molecule has 3 aromatic rings. The van der Waals surface area contributed by atoms with Gasteiger partial charge in [-0.05, 0) is 40.4 Å². The first-order valence-electron chi connectivity index (χ1n) is 6.45. The highest BCUT2D eigenvalue weighted by atomic mass is 35.5. The first kappa shape index (κ1) is 13.6. The lowest BCUT2D eigenvalue weighted by Crippen LogP contribution is -2.29. The summed E-state index contributed by atoms with van der Waals surface area (Å²) < 4.78 is 1.30. The van der Waals surface area contributed by atoms with Crippen molar-refractivity contribution in [3.63, 3.8) is 0 Å². The molecular formula is C16H15ClN2S. The van der Waals surface area contributed by atoms with Gasteiger partial charge in [-0.3, -0.25) is 11.3 Å². The Morgan fingerprint density at radius 3 is 2.65 bits per heavy atom. The minimum atomic E-state index is 0.0155. The van der Waals surface area contributed by atoms with Crippen molar-refractivity contribution in [1.29, 1.82) is 0 Å². The van der Waals surface area contributed by atoms with Gasteiger partial charge in [-0.2, -0.15) is 0 Å². The highest BCUT2D eigenvalue weighted by molar-refractivity contribution is 7.17. The Bertz CT molecular complexity index is 723. The van der Waals surface area contributed by atoms with Crippen LogP contribution >= 0.6 is 22.9 Å². The van der Waals surface area contributed by atoms with Crippen LogP contribution in [0.1, 0.15) is 17.2 Å². The SMILES string of the molecule is NNC(Cc1csc2ccccc12)c1ccccc1Cl. The molecule has 4 heteroatoms. The Kier molecular flexibility index (Phi) is 4.03. The molecule has 102 valence electrons. The molecule has 0 saturated heterocycles. The number of nitrogens with one attached hydrogen (secondary N) is 1. The number of hydrazine groups is 1. The number of hydrogen-bond donors (Lipinski definition) is 2. The molecule has 0 aliphatic heterocycles. The minimum Gasteiger partial charge on any atom is -0.271 e. The summed E-state index contributed by atoms with van der Waals surface area (Å²) in [5.41, 5.74) is 5.22. The smallest absolute Gasteiger partial charge is 0.0515 e. The van der Waals surface area contributed by atoms with E-state index in [0.29, 0.717) is 0 Å². The number of halogens is 1. The molecule has 0 saturated carbocycles. The number of fused-ring (bicyclic) bond motifs is 1. The van der Waals surface area contributed by atoms with Crippen molar-refractivity contribution >= 4 is 33.0 Å². The molecule has 1 aromatic heterocycles. The van der Waals surface area contributed by atoms with E-state index < -0.39 is 0 Å². The normalized spacial score (nSPS) is 12.7. The van der Waals surface area contributed by atoms with Gasteiger partial charge < -0.3 is 0 Å². The van der Waals surface area contributed by atoms with E-state index in [1.165, 1.54) is 15.6 Å². The van der Waals surface area contributed by atoms with Crippen LogP contribution in [-0.4, -0.2) is 0 Å². The maximum absolute atomic E-state index is 6.26. The zero-order valence-electron chi connectivity index (χ0n) is 10.8. The number of nitrogens with two attached hydrogens (primary N) is 1. The molecule has 1 unspecified atom stereocenters. The molecule has 0 aliphatic rings. The zero-order valence-corrected chi connectivity index (χ0v) is 12.4. The second-order valence-electron chi connectivity index (χ2n) is 4.70. The van der Waals surface area contributed by atoms with Gasteiger partial charge in [-0.15, -0.1) is 11.3 Å². The summed E-state index contributed by atoms with van der Waals surface area (Å²) in [7, 11) is 0. The van der Waals surface area contributed by atoms with Crippen LogP contribution in [0.15, 0.2) is 53.9 Å². The first-order chi connectivity index (χ1) is 9.79. The van der Waals surface area contributed by atoms with Crippen molar-refractivity contribution in [2.24, 2.45) is 5.84 Å². The van der Waals surface area contributed by atoms with Crippen molar-refractivity contribution < 1.29 is 0 Å². The Labute approximate surface area is 127 Å². The summed E-state index contributed by atoms with van der Waals surface area (Å²) in [6.45, 7) is 0. The zero-order chi connectivity index (χ0) is 13.9. The standard InChI is InChI=1S/C16H15ClN2S/c17-14-7-3-1-6-13(14)15(19-18)9-11-10-20-16-8-4-2-5-12(11)16/h1-8,10,15,19H,9,18H2.